The van der Waals surface area contributed by atoms with Crippen molar-refractivity contribution in [2.75, 3.05) is 19.6 Å². The lowest BCUT2D eigenvalue weighted by Crippen LogP contribution is -2.38. The Balaban J connectivity index is 0. The van der Waals surface area contributed by atoms with Crippen molar-refractivity contribution in [1.29, 1.82) is 5.26 Å². The predicted octanol–water partition coefficient (Wildman–Crippen LogP) is 5.46. The highest BCUT2D eigenvalue weighted by Gasteiger charge is 2.31. The Kier molecular flexibility index (Phi) is 14.9. The Labute approximate surface area is 143 Å². The topological polar surface area (TPSA) is 27.0 Å². The van der Waals surface area contributed by atoms with Crippen molar-refractivity contribution >= 4 is 0 Å². The first-order valence-corrected chi connectivity index (χ1v) is 7.91. The van der Waals surface area contributed by atoms with E-state index in [1.54, 1.807) is 0 Å². The first kappa shape index (κ1) is 23.2. The molecule has 0 amide bonds. The van der Waals surface area contributed by atoms with Crippen molar-refractivity contribution < 1.29 is 0 Å². The van der Waals surface area contributed by atoms with E-state index in [1.807, 2.05) is 24.3 Å². The van der Waals surface area contributed by atoms with Gasteiger partial charge < -0.3 is 4.90 Å². The maximum atomic E-state index is 9.20. The smallest absolute Gasteiger partial charge is 0.0775 e. The quantitative estimate of drug-likeness (QED) is 0.461. The Bertz CT molecular complexity index is 416. The number of hydrogen-bond donors (Lipinski definition) is 0. The van der Waals surface area contributed by atoms with Crippen molar-refractivity contribution in [2.24, 2.45) is 5.41 Å². The molecule has 126 valence electrons. The highest BCUT2D eigenvalue weighted by atomic mass is 15.1. The van der Waals surface area contributed by atoms with Gasteiger partial charge in [0.05, 0.1) is 11.5 Å². The second-order valence-electron chi connectivity index (χ2n) is 5.10. The summed E-state index contributed by atoms with van der Waals surface area (Å²) in [5.74, 6) is 0. The molecule has 23 heavy (non-hydrogen) atoms. The van der Waals surface area contributed by atoms with Crippen LogP contribution in [-0.4, -0.2) is 24.5 Å². The normalized spacial score (nSPS) is 16.4. The van der Waals surface area contributed by atoms with E-state index >= 15 is 0 Å². The number of piperidine rings is 1. The number of rotatable bonds is 7. The summed E-state index contributed by atoms with van der Waals surface area (Å²) in [5.41, 5.74) is 0.954. The van der Waals surface area contributed by atoms with Gasteiger partial charge in [-0.25, -0.2) is 0 Å². The van der Waals surface area contributed by atoms with E-state index in [9.17, 15) is 5.26 Å². The molecule has 1 aliphatic heterocycles. The fourth-order valence-electron chi connectivity index (χ4n) is 2.45. The molecule has 0 radical (unpaired) electrons. The van der Waals surface area contributed by atoms with Crippen molar-refractivity contribution in [3.05, 3.63) is 75.9 Å². The molecule has 2 nitrogen and oxygen atoms in total. The maximum absolute atomic E-state index is 9.20. The zero-order chi connectivity index (χ0) is 18.1. The molecule has 0 spiro atoms. The second kappa shape index (κ2) is 14.8. The van der Waals surface area contributed by atoms with Crippen LogP contribution in [0.3, 0.4) is 0 Å². The SMILES string of the molecule is C=C.C=C.C=C/C=C(\C=C)CCCN1CCC(C#N)(C=C)CC1. The lowest BCUT2D eigenvalue weighted by molar-refractivity contribution is 0.171. The Morgan fingerprint density at radius 3 is 2.04 bits per heavy atom. The third kappa shape index (κ3) is 8.80. The summed E-state index contributed by atoms with van der Waals surface area (Å²) < 4.78 is 0. The highest BCUT2D eigenvalue weighted by Crippen LogP contribution is 2.31. The lowest BCUT2D eigenvalue weighted by atomic mass is 9.80. The molecule has 0 N–H and O–H groups in total. The van der Waals surface area contributed by atoms with Gasteiger partial charge in [0.1, 0.15) is 0 Å². The molecule has 0 aromatic carbocycles. The molecule has 0 bridgehead atoms. The molecule has 0 atom stereocenters. The molecule has 1 heterocycles. The van der Waals surface area contributed by atoms with Gasteiger partial charge >= 0.3 is 0 Å². The molecule has 1 fully saturated rings. The average molecular weight is 313 g/mol. The summed E-state index contributed by atoms with van der Waals surface area (Å²) in [7, 11) is 0. The summed E-state index contributed by atoms with van der Waals surface area (Å²) >= 11 is 0. The lowest BCUT2D eigenvalue weighted by Gasteiger charge is -2.35. The molecule has 1 rings (SSSR count). The van der Waals surface area contributed by atoms with Crippen LogP contribution in [0.2, 0.25) is 0 Å². The molecular weight excluding hydrogens is 280 g/mol. The van der Waals surface area contributed by atoms with Crippen LogP contribution in [0.15, 0.2) is 75.9 Å². The molecule has 1 aliphatic rings. The number of likely N-dealkylation sites (tertiary alicyclic amines) is 1. The number of nitriles is 1. The van der Waals surface area contributed by atoms with Gasteiger partial charge in [-0.2, -0.15) is 5.26 Å². The van der Waals surface area contributed by atoms with E-state index in [-0.39, 0.29) is 5.41 Å². The van der Waals surface area contributed by atoms with E-state index < -0.39 is 0 Å². The van der Waals surface area contributed by atoms with Crippen LogP contribution in [0.25, 0.3) is 0 Å². The molecule has 0 aromatic rings. The molecule has 2 heteroatoms. The van der Waals surface area contributed by atoms with E-state index in [0.29, 0.717) is 0 Å². The summed E-state index contributed by atoms with van der Waals surface area (Å²) in [6, 6.07) is 2.41. The van der Waals surface area contributed by atoms with Gasteiger partial charge in [-0.15, -0.1) is 32.9 Å². The first-order chi connectivity index (χ1) is 11.2. The molecule has 1 saturated heterocycles. The minimum absolute atomic E-state index is 0.286. The average Bonchev–Trinajstić information content (AvgIpc) is 2.65. The van der Waals surface area contributed by atoms with Crippen LogP contribution < -0.4 is 0 Å². The zero-order valence-electron chi connectivity index (χ0n) is 14.6. The summed E-state index contributed by atoms with van der Waals surface area (Å²) in [5, 5.41) is 9.20. The van der Waals surface area contributed by atoms with Crippen molar-refractivity contribution in [2.45, 2.75) is 25.7 Å². The largest absolute Gasteiger partial charge is 0.303 e. The standard InChI is InChI=1S/C17H24N2.2C2H4/c1-4-8-16(5-2)9-7-12-19-13-10-17(6-3,15-18)11-14-19;2*1-2/h4-6,8H,1-3,7,9-14H2;2*1-2H2/b16-8+;;. The van der Waals surface area contributed by atoms with Gasteiger partial charge in [0, 0.05) is 0 Å². The number of allylic oxidation sites excluding steroid dienone is 5. The van der Waals surface area contributed by atoms with Crippen molar-refractivity contribution in [3.63, 3.8) is 0 Å². The second-order valence-corrected chi connectivity index (χ2v) is 5.10. The van der Waals surface area contributed by atoms with E-state index in [4.69, 9.17) is 0 Å². The Morgan fingerprint density at radius 1 is 1.09 bits per heavy atom. The van der Waals surface area contributed by atoms with E-state index in [0.717, 1.165) is 45.3 Å². The van der Waals surface area contributed by atoms with Crippen molar-refractivity contribution in [1.82, 2.24) is 4.90 Å². The third-order valence-electron chi connectivity index (χ3n) is 3.90. The van der Waals surface area contributed by atoms with Crippen molar-refractivity contribution in [3.8, 4) is 6.07 Å². The number of nitrogens with zero attached hydrogens (tertiary/aromatic N) is 2. The Hall–Kier alpha value is -2.11. The molecule has 0 aromatic heterocycles. The van der Waals surface area contributed by atoms with Crippen LogP contribution in [0.1, 0.15) is 25.7 Å². The zero-order valence-corrected chi connectivity index (χ0v) is 14.6. The van der Waals surface area contributed by atoms with E-state index in [2.05, 4.69) is 57.0 Å². The Morgan fingerprint density at radius 2 is 1.65 bits per heavy atom. The summed E-state index contributed by atoms with van der Waals surface area (Å²) in [4.78, 5) is 2.44. The van der Waals surface area contributed by atoms with Gasteiger partial charge in [-0.1, -0.05) is 37.5 Å². The molecule has 0 saturated carbocycles. The predicted molar refractivity (Wildman–Crippen MR) is 104 cm³/mol. The number of hydrogen-bond acceptors (Lipinski definition) is 2. The first-order valence-electron chi connectivity index (χ1n) is 7.91. The molecular formula is C21H32N2. The minimum Gasteiger partial charge on any atom is -0.303 e. The molecule has 0 aliphatic carbocycles. The minimum atomic E-state index is -0.286. The monoisotopic (exact) mass is 312 g/mol. The molecule has 0 unspecified atom stereocenters. The summed E-state index contributed by atoms with van der Waals surface area (Å²) in [6.45, 7) is 26.4. The van der Waals surface area contributed by atoms with Gasteiger partial charge in [-0.3, -0.25) is 0 Å². The van der Waals surface area contributed by atoms with Crippen LogP contribution in [-0.2, 0) is 0 Å². The van der Waals surface area contributed by atoms with Gasteiger partial charge in [0.25, 0.3) is 0 Å². The fourth-order valence-corrected chi connectivity index (χ4v) is 2.45. The van der Waals surface area contributed by atoms with E-state index in [1.165, 1.54) is 5.57 Å². The van der Waals surface area contributed by atoms with Gasteiger partial charge in [-0.05, 0) is 50.9 Å². The van der Waals surface area contributed by atoms with Gasteiger partial charge in [0.15, 0.2) is 0 Å². The summed E-state index contributed by atoms with van der Waals surface area (Å²) in [6.07, 6.45) is 11.5. The van der Waals surface area contributed by atoms with Crippen LogP contribution in [0, 0.1) is 16.7 Å². The van der Waals surface area contributed by atoms with Gasteiger partial charge in [0.2, 0.25) is 0 Å². The van der Waals surface area contributed by atoms with Crippen LogP contribution in [0.4, 0.5) is 0 Å². The third-order valence-corrected chi connectivity index (χ3v) is 3.90. The highest BCUT2D eigenvalue weighted by molar-refractivity contribution is 5.20. The van der Waals surface area contributed by atoms with Crippen LogP contribution in [0.5, 0.6) is 0 Å². The van der Waals surface area contributed by atoms with Crippen LogP contribution >= 0.6 is 0 Å². The fraction of sp³-hybridized carbons (Fsp3) is 0.381. The maximum Gasteiger partial charge on any atom is 0.0775 e.